The van der Waals surface area contributed by atoms with Gasteiger partial charge in [-0.3, -0.25) is 4.79 Å². The van der Waals surface area contributed by atoms with Crippen molar-refractivity contribution in [3.63, 3.8) is 0 Å². The average Bonchev–Trinajstić information content (AvgIpc) is 2.16. The fraction of sp³-hybridized carbons (Fsp3) is 0.923. The molecule has 0 aromatic heterocycles. The van der Waals surface area contributed by atoms with Crippen LogP contribution >= 0.6 is 0 Å². The normalized spacial score (nSPS) is 23.9. The molecule has 0 aromatic carbocycles. The molecule has 1 rings (SSSR count). The number of hydrogen-bond donors (Lipinski definition) is 1. The molecule has 1 heterocycles. The summed E-state index contributed by atoms with van der Waals surface area (Å²) < 4.78 is 5.38. The SMILES string of the molecule is CC(CC1CCCNC1)C(=O)OC(C)(C)C. The van der Waals surface area contributed by atoms with Crippen molar-refractivity contribution in [3.05, 3.63) is 0 Å². The summed E-state index contributed by atoms with van der Waals surface area (Å²) in [6, 6.07) is 0. The van der Waals surface area contributed by atoms with E-state index in [0.717, 1.165) is 19.5 Å². The summed E-state index contributed by atoms with van der Waals surface area (Å²) in [4.78, 5) is 11.8. The van der Waals surface area contributed by atoms with E-state index in [1.165, 1.54) is 12.8 Å². The lowest BCUT2D eigenvalue weighted by Gasteiger charge is -2.27. The first-order chi connectivity index (χ1) is 7.38. The van der Waals surface area contributed by atoms with Crippen molar-refractivity contribution < 1.29 is 9.53 Å². The topological polar surface area (TPSA) is 38.3 Å². The number of hydrogen-bond acceptors (Lipinski definition) is 3. The third kappa shape index (κ3) is 4.97. The van der Waals surface area contributed by atoms with Gasteiger partial charge >= 0.3 is 5.97 Å². The van der Waals surface area contributed by atoms with Gasteiger partial charge in [-0.2, -0.15) is 0 Å². The summed E-state index contributed by atoms with van der Waals surface area (Å²) in [6.07, 6.45) is 3.41. The largest absolute Gasteiger partial charge is 0.460 e. The highest BCUT2D eigenvalue weighted by atomic mass is 16.6. The lowest BCUT2D eigenvalue weighted by molar-refractivity contribution is -0.160. The number of ether oxygens (including phenoxy) is 1. The number of carbonyl (C=O) groups is 1. The summed E-state index contributed by atoms with van der Waals surface area (Å²) in [6.45, 7) is 9.90. The smallest absolute Gasteiger partial charge is 0.309 e. The van der Waals surface area contributed by atoms with Gasteiger partial charge in [-0.15, -0.1) is 0 Å². The minimum Gasteiger partial charge on any atom is -0.460 e. The number of esters is 1. The summed E-state index contributed by atoms with van der Waals surface area (Å²) in [5.41, 5.74) is -0.365. The number of nitrogens with one attached hydrogen (secondary N) is 1. The van der Waals surface area contributed by atoms with E-state index in [4.69, 9.17) is 4.74 Å². The molecule has 0 aliphatic carbocycles. The average molecular weight is 227 g/mol. The second-order valence-electron chi connectivity index (χ2n) is 5.88. The summed E-state index contributed by atoms with van der Waals surface area (Å²) in [7, 11) is 0. The molecule has 16 heavy (non-hydrogen) atoms. The van der Waals surface area contributed by atoms with E-state index in [1.54, 1.807) is 0 Å². The van der Waals surface area contributed by atoms with Crippen LogP contribution in [0.5, 0.6) is 0 Å². The molecule has 3 heteroatoms. The molecule has 2 unspecified atom stereocenters. The first-order valence-electron chi connectivity index (χ1n) is 6.32. The molecule has 0 aromatic rings. The van der Waals surface area contributed by atoms with E-state index in [0.29, 0.717) is 5.92 Å². The quantitative estimate of drug-likeness (QED) is 0.752. The Morgan fingerprint density at radius 3 is 2.69 bits per heavy atom. The molecule has 0 bridgehead atoms. The molecule has 1 saturated heterocycles. The van der Waals surface area contributed by atoms with Crippen molar-refractivity contribution in [3.8, 4) is 0 Å². The van der Waals surface area contributed by atoms with Gasteiger partial charge in [0.1, 0.15) is 5.60 Å². The predicted molar refractivity (Wildman–Crippen MR) is 65.2 cm³/mol. The lowest BCUT2D eigenvalue weighted by atomic mass is 9.90. The second-order valence-corrected chi connectivity index (χ2v) is 5.88. The highest BCUT2D eigenvalue weighted by Crippen LogP contribution is 2.21. The van der Waals surface area contributed by atoms with Crippen LogP contribution in [0.25, 0.3) is 0 Å². The minimum absolute atomic E-state index is 0.0177. The first-order valence-corrected chi connectivity index (χ1v) is 6.32. The number of carbonyl (C=O) groups excluding carboxylic acids is 1. The van der Waals surface area contributed by atoms with Gasteiger partial charge < -0.3 is 10.1 Å². The van der Waals surface area contributed by atoms with Gasteiger partial charge in [-0.05, 0) is 59.0 Å². The zero-order chi connectivity index (χ0) is 12.2. The van der Waals surface area contributed by atoms with Crippen LogP contribution in [0, 0.1) is 11.8 Å². The monoisotopic (exact) mass is 227 g/mol. The Bertz CT molecular complexity index is 227. The summed E-state index contributed by atoms with van der Waals surface area (Å²) >= 11 is 0. The molecule has 0 spiro atoms. The Morgan fingerprint density at radius 1 is 1.50 bits per heavy atom. The van der Waals surface area contributed by atoms with Gasteiger partial charge in [0, 0.05) is 0 Å². The van der Waals surface area contributed by atoms with E-state index in [1.807, 2.05) is 27.7 Å². The molecule has 1 N–H and O–H groups in total. The predicted octanol–water partition coefficient (Wildman–Crippen LogP) is 2.35. The molecule has 94 valence electrons. The lowest BCUT2D eigenvalue weighted by Crippen LogP contribution is -2.33. The van der Waals surface area contributed by atoms with E-state index in [2.05, 4.69) is 5.32 Å². The molecule has 1 aliphatic rings. The summed E-state index contributed by atoms with van der Waals surface area (Å²) in [5.74, 6) is 0.596. The molecule has 2 atom stereocenters. The van der Waals surface area contributed by atoms with E-state index >= 15 is 0 Å². The van der Waals surface area contributed by atoms with Crippen molar-refractivity contribution in [2.24, 2.45) is 11.8 Å². The van der Waals surface area contributed by atoms with Gasteiger partial charge in [-0.1, -0.05) is 6.92 Å². The second kappa shape index (κ2) is 5.67. The number of piperidine rings is 1. The van der Waals surface area contributed by atoms with Crippen molar-refractivity contribution in [2.75, 3.05) is 13.1 Å². The molecular weight excluding hydrogens is 202 g/mol. The number of rotatable bonds is 3. The van der Waals surface area contributed by atoms with Crippen LogP contribution in [0.15, 0.2) is 0 Å². The van der Waals surface area contributed by atoms with Crippen molar-refractivity contribution in [1.29, 1.82) is 0 Å². The Hall–Kier alpha value is -0.570. The van der Waals surface area contributed by atoms with Crippen LogP contribution in [-0.2, 0) is 9.53 Å². The standard InChI is InChI=1S/C13H25NO2/c1-10(12(15)16-13(2,3)4)8-11-6-5-7-14-9-11/h10-11,14H,5-9H2,1-4H3. The van der Waals surface area contributed by atoms with Crippen LogP contribution in [0.1, 0.15) is 47.0 Å². The van der Waals surface area contributed by atoms with Crippen LogP contribution < -0.4 is 5.32 Å². The highest BCUT2D eigenvalue weighted by molar-refractivity contribution is 5.72. The fourth-order valence-electron chi connectivity index (χ4n) is 2.12. The third-order valence-electron chi connectivity index (χ3n) is 2.89. The maximum absolute atomic E-state index is 11.8. The third-order valence-corrected chi connectivity index (χ3v) is 2.89. The maximum atomic E-state index is 11.8. The highest BCUT2D eigenvalue weighted by Gasteiger charge is 2.25. The zero-order valence-corrected chi connectivity index (χ0v) is 11.0. The van der Waals surface area contributed by atoms with Crippen molar-refractivity contribution >= 4 is 5.97 Å². The minimum atomic E-state index is -0.365. The van der Waals surface area contributed by atoms with Crippen LogP contribution in [0.4, 0.5) is 0 Å². The van der Waals surface area contributed by atoms with Crippen LogP contribution in [0.2, 0.25) is 0 Å². The Morgan fingerprint density at radius 2 is 2.19 bits per heavy atom. The zero-order valence-electron chi connectivity index (χ0n) is 11.0. The van der Waals surface area contributed by atoms with Gasteiger partial charge in [-0.25, -0.2) is 0 Å². The van der Waals surface area contributed by atoms with E-state index < -0.39 is 0 Å². The molecular formula is C13H25NO2. The molecule has 1 fully saturated rings. The summed E-state index contributed by atoms with van der Waals surface area (Å²) in [5, 5.41) is 3.38. The van der Waals surface area contributed by atoms with E-state index in [9.17, 15) is 4.79 Å². The van der Waals surface area contributed by atoms with Gasteiger partial charge in [0.15, 0.2) is 0 Å². The van der Waals surface area contributed by atoms with Crippen LogP contribution in [0.3, 0.4) is 0 Å². The van der Waals surface area contributed by atoms with Gasteiger partial charge in [0.05, 0.1) is 5.92 Å². The Balaban J connectivity index is 2.33. The first kappa shape index (κ1) is 13.5. The molecule has 0 radical (unpaired) electrons. The molecule has 1 aliphatic heterocycles. The Labute approximate surface area is 98.9 Å². The molecule has 0 amide bonds. The van der Waals surface area contributed by atoms with Crippen LogP contribution in [-0.4, -0.2) is 24.7 Å². The van der Waals surface area contributed by atoms with Gasteiger partial charge in [0.25, 0.3) is 0 Å². The molecule has 0 saturated carbocycles. The Kier molecular flexibility index (Phi) is 4.78. The fourth-order valence-corrected chi connectivity index (χ4v) is 2.12. The van der Waals surface area contributed by atoms with E-state index in [-0.39, 0.29) is 17.5 Å². The van der Waals surface area contributed by atoms with Crippen molar-refractivity contribution in [1.82, 2.24) is 5.32 Å². The maximum Gasteiger partial charge on any atom is 0.309 e. The molecule has 3 nitrogen and oxygen atoms in total. The van der Waals surface area contributed by atoms with Crippen molar-refractivity contribution in [2.45, 2.75) is 52.6 Å². The van der Waals surface area contributed by atoms with Gasteiger partial charge in [0.2, 0.25) is 0 Å².